The summed E-state index contributed by atoms with van der Waals surface area (Å²) in [6.45, 7) is 0. The van der Waals surface area contributed by atoms with E-state index in [0.717, 1.165) is 42.1 Å². The van der Waals surface area contributed by atoms with E-state index in [1.165, 1.54) is 34.4 Å². The molecule has 44 heavy (non-hydrogen) atoms. The van der Waals surface area contributed by atoms with Crippen molar-refractivity contribution in [1.29, 1.82) is 5.26 Å². The third-order valence-electron chi connectivity index (χ3n) is 7.59. The maximum atomic E-state index is 13.1. The van der Waals surface area contributed by atoms with Crippen molar-refractivity contribution in [1.82, 2.24) is 4.98 Å². The first-order valence-electron chi connectivity index (χ1n) is 13.7. The normalized spacial score (nSPS) is 18.3. The summed E-state index contributed by atoms with van der Waals surface area (Å²) in [7, 11) is 0. The Balaban J connectivity index is 1.23. The Bertz CT molecular complexity index is 1910. The van der Waals surface area contributed by atoms with Crippen LogP contribution in [0.15, 0.2) is 75.5 Å². The Morgan fingerprint density at radius 1 is 1.11 bits per heavy atom. The molecule has 1 aromatic heterocycles. The summed E-state index contributed by atoms with van der Waals surface area (Å²) in [6, 6.07) is 17.9. The monoisotopic (exact) mass is 643 g/mol. The summed E-state index contributed by atoms with van der Waals surface area (Å²) in [6.07, 6.45) is 4.64. The fourth-order valence-electron chi connectivity index (χ4n) is 5.52. The number of imide groups is 1. The van der Waals surface area contributed by atoms with Gasteiger partial charge in [0.05, 0.1) is 37.6 Å². The lowest BCUT2D eigenvalue weighted by atomic mass is 9.81. The molecule has 1 aliphatic carbocycles. The molecule has 0 radical (unpaired) electrons. The standard InChI is InChI=1S/C31H22ClN5O5S2/c32-19-4-3-5-20(14-19)34-28(38)18(16-33)12-17-8-11-26(25(13-17)37(41)42)43-31-35-24-10-9-21(15-27(24)44-31)36-29(39)22-6-1-2-7-23(22)30(36)40/h3-5,8-15,22-23H,1-2,6-7H2,(H,34,38)/b18-12+/t22-,23+. The first-order valence-corrected chi connectivity index (χ1v) is 15.7. The minimum Gasteiger partial charge on any atom is -0.321 e. The number of amides is 3. The van der Waals surface area contributed by atoms with Gasteiger partial charge < -0.3 is 5.32 Å². The fourth-order valence-corrected chi connectivity index (χ4v) is 7.85. The molecule has 3 aromatic carbocycles. The number of nitrogens with zero attached hydrogens (tertiary/aromatic N) is 4. The number of carbonyl (C=O) groups excluding carboxylic acids is 3. The van der Waals surface area contributed by atoms with Crippen molar-refractivity contribution in [3.8, 4) is 6.07 Å². The Morgan fingerprint density at radius 3 is 2.55 bits per heavy atom. The molecule has 10 nitrogen and oxygen atoms in total. The first kappa shape index (κ1) is 29.5. The molecule has 220 valence electrons. The summed E-state index contributed by atoms with van der Waals surface area (Å²) in [5.74, 6) is -1.48. The fraction of sp³-hybridized carbons (Fsp3) is 0.194. The predicted octanol–water partition coefficient (Wildman–Crippen LogP) is 7.23. The summed E-state index contributed by atoms with van der Waals surface area (Å²) in [4.78, 5) is 56.4. The number of rotatable bonds is 7. The van der Waals surface area contributed by atoms with Gasteiger partial charge in [-0.05, 0) is 66.9 Å². The quantitative estimate of drug-likeness (QED) is 0.0729. The zero-order valence-corrected chi connectivity index (χ0v) is 25.2. The molecular formula is C31H22ClN5O5S2. The molecule has 1 aliphatic heterocycles. The summed E-state index contributed by atoms with van der Waals surface area (Å²) in [5, 5.41) is 24.6. The Labute approximate surface area is 264 Å². The van der Waals surface area contributed by atoms with Gasteiger partial charge in [0.25, 0.3) is 11.6 Å². The van der Waals surface area contributed by atoms with Gasteiger partial charge in [0.2, 0.25) is 11.8 Å². The number of nitriles is 1. The molecule has 3 amide bonds. The molecule has 1 saturated carbocycles. The van der Waals surface area contributed by atoms with Crippen molar-refractivity contribution >= 4 is 85.8 Å². The van der Waals surface area contributed by atoms with Crippen LogP contribution >= 0.6 is 34.7 Å². The molecule has 2 atom stereocenters. The molecule has 2 heterocycles. The number of anilines is 2. The minimum absolute atomic E-state index is 0.149. The van der Waals surface area contributed by atoms with Gasteiger partial charge in [-0.2, -0.15) is 5.26 Å². The second-order valence-electron chi connectivity index (χ2n) is 10.4. The highest BCUT2D eigenvalue weighted by Crippen LogP contribution is 2.43. The average Bonchev–Trinajstić information content (AvgIpc) is 3.52. The lowest BCUT2D eigenvalue weighted by Gasteiger charge is -2.19. The number of nitro benzene ring substituents is 1. The van der Waals surface area contributed by atoms with Crippen molar-refractivity contribution in [2.24, 2.45) is 11.8 Å². The van der Waals surface area contributed by atoms with Gasteiger partial charge in [0.15, 0.2) is 4.34 Å². The van der Waals surface area contributed by atoms with E-state index in [0.29, 0.717) is 36.7 Å². The van der Waals surface area contributed by atoms with E-state index >= 15 is 0 Å². The summed E-state index contributed by atoms with van der Waals surface area (Å²) >= 11 is 8.36. The van der Waals surface area contributed by atoms with Crippen LogP contribution in [0.4, 0.5) is 17.1 Å². The number of aromatic nitrogens is 1. The molecule has 6 rings (SSSR count). The van der Waals surface area contributed by atoms with Crippen LogP contribution in [0.2, 0.25) is 5.02 Å². The number of benzene rings is 3. The Morgan fingerprint density at radius 2 is 1.86 bits per heavy atom. The highest BCUT2D eigenvalue weighted by Gasteiger charge is 2.48. The smallest absolute Gasteiger partial charge is 0.283 e. The number of hydrogen-bond donors (Lipinski definition) is 1. The molecule has 0 spiro atoms. The maximum absolute atomic E-state index is 13.1. The average molecular weight is 644 g/mol. The summed E-state index contributed by atoms with van der Waals surface area (Å²) < 4.78 is 1.28. The third-order valence-corrected chi connectivity index (χ3v) is 9.97. The van der Waals surface area contributed by atoms with Crippen molar-refractivity contribution in [3.63, 3.8) is 0 Å². The van der Waals surface area contributed by atoms with Crippen molar-refractivity contribution in [2.75, 3.05) is 10.2 Å². The van der Waals surface area contributed by atoms with Gasteiger partial charge in [0.1, 0.15) is 11.6 Å². The van der Waals surface area contributed by atoms with Crippen LogP contribution in [0.25, 0.3) is 16.3 Å². The SMILES string of the molecule is N#C/C(=C\c1ccc(Sc2nc3ccc(N4C(=O)[C@H]5CCCC[C@H]5C4=O)cc3s2)c([N+](=O)[O-])c1)C(=O)Nc1cccc(Cl)c1. The highest BCUT2D eigenvalue weighted by atomic mass is 35.5. The van der Waals surface area contributed by atoms with E-state index in [1.807, 2.05) is 6.07 Å². The largest absolute Gasteiger partial charge is 0.321 e. The van der Waals surface area contributed by atoms with Gasteiger partial charge >= 0.3 is 0 Å². The van der Waals surface area contributed by atoms with Crippen LogP contribution < -0.4 is 10.2 Å². The topological polar surface area (TPSA) is 146 Å². The number of hydrogen-bond acceptors (Lipinski definition) is 9. The van der Waals surface area contributed by atoms with E-state index < -0.39 is 10.8 Å². The third kappa shape index (κ3) is 5.81. The number of fused-ring (bicyclic) bond motifs is 2. The highest BCUT2D eigenvalue weighted by molar-refractivity contribution is 8.01. The van der Waals surface area contributed by atoms with E-state index in [4.69, 9.17) is 11.6 Å². The van der Waals surface area contributed by atoms with Crippen LogP contribution in [0, 0.1) is 33.3 Å². The molecule has 1 N–H and O–H groups in total. The molecular weight excluding hydrogens is 622 g/mol. The summed E-state index contributed by atoms with van der Waals surface area (Å²) in [5.41, 5.74) is 1.40. The lowest BCUT2D eigenvalue weighted by Crippen LogP contribution is -2.30. The van der Waals surface area contributed by atoms with E-state index in [-0.39, 0.29) is 34.9 Å². The molecule has 0 unspecified atom stereocenters. The molecule has 4 aromatic rings. The van der Waals surface area contributed by atoms with E-state index in [1.54, 1.807) is 48.5 Å². The Kier molecular flexibility index (Phi) is 8.18. The van der Waals surface area contributed by atoms with Crippen LogP contribution in [0.1, 0.15) is 31.2 Å². The van der Waals surface area contributed by atoms with Gasteiger partial charge in [-0.1, -0.05) is 48.3 Å². The zero-order valence-electron chi connectivity index (χ0n) is 22.9. The first-order chi connectivity index (χ1) is 21.2. The Hall–Kier alpha value is -4.57. The lowest BCUT2D eigenvalue weighted by molar-refractivity contribution is -0.387. The number of nitrogens with one attached hydrogen (secondary N) is 1. The minimum atomic E-state index is -0.680. The van der Waals surface area contributed by atoms with Gasteiger partial charge in [0, 0.05) is 16.8 Å². The molecule has 13 heteroatoms. The molecule has 0 bridgehead atoms. The van der Waals surface area contributed by atoms with Crippen molar-refractivity contribution in [3.05, 3.63) is 86.9 Å². The van der Waals surface area contributed by atoms with Crippen LogP contribution in [-0.4, -0.2) is 27.6 Å². The van der Waals surface area contributed by atoms with Gasteiger partial charge in [-0.25, -0.2) is 4.98 Å². The van der Waals surface area contributed by atoms with E-state index in [9.17, 15) is 29.8 Å². The van der Waals surface area contributed by atoms with E-state index in [2.05, 4.69) is 10.3 Å². The second kappa shape index (κ2) is 12.2. The van der Waals surface area contributed by atoms with Crippen LogP contribution in [-0.2, 0) is 14.4 Å². The second-order valence-corrected chi connectivity index (χ2v) is 13.1. The number of thiazole rings is 1. The van der Waals surface area contributed by atoms with Crippen LogP contribution in [0.3, 0.4) is 0 Å². The predicted molar refractivity (Wildman–Crippen MR) is 168 cm³/mol. The maximum Gasteiger partial charge on any atom is 0.283 e. The molecule has 2 aliphatic rings. The molecule has 1 saturated heterocycles. The number of nitro groups is 1. The molecule has 2 fully saturated rings. The van der Waals surface area contributed by atoms with Gasteiger partial charge in [-0.3, -0.25) is 29.4 Å². The van der Waals surface area contributed by atoms with Crippen molar-refractivity contribution in [2.45, 2.75) is 34.9 Å². The number of halogens is 1. The number of carbonyl (C=O) groups is 3. The van der Waals surface area contributed by atoms with Crippen LogP contribution in [0.5, 0.6) is 0 Å². The zero-order chi connectivity index (χ0) is 31.0. The van der Waals surface area contributed by atoms with Crippen molar-refractivity contribution < 1.29 is 19.3 Å². The van der Waals surface area contributed by atoms with Gasteiger partial charge in [-0.15, -0.1) is 11.3 Å².